The van der Waals surface area contributed by atoms with Gasteiger partial charge in [-0.25, -0.2) is 0 Å². The molecular weight excluding hydrogens is 290 g/mol. The normalized spacial score (nSPS) is 15.9. The molecule has 0 unspecified atom stereocenters. The quantitative estimate of drug-likeness (QED) is 0.645. The van der Waals surface area contributed by atoms with Crippen LogP contribution in [0.2, 0.25) is 5.02 Å². The van der Waals surface area contributed by atoms with Crippen molar-refractivity contribution in [3.8, 4) is 0 Å². The maximum atomic E-state index is 11.3. The molecule has 0 aliphatic carbocycles. The van der Waals surface area contributed by atoms with Crippen LogP contribution in [0.4, 0.5) is 11.4 Å². The van der Waals surface area contributed by atoms with Crippen molar-refractivity contribution in [1.29, 1.82) is 0 Å². The Morgan fingerprint density at radius 3 is 2.76 bits per heavy atom. The summed E-state index contributed by atoms with van der Waals surface area (Å²) in [5.74, 6) is 0.591. The Labute approximate surface area is 130 Å². The molecule has 1 aliphatic rings. The van der Waals surface area contributed by atoms with Crippen LogP contribution in [0.1, 0.15) is 26.2 Å². The zero-order chi connectivity index (χ0) is 15.2. The third kappa shape index (κ3) is 4.32. The van der Waals surface area contributed by atoms with E-state index >= 15 is 0 Å². The Bertz CT molecular complexity index is 490. The first-order chi connectivity index (χ1) is 10.1. The maximum absolute atomic E-state index is 11.3. The minimum Gasteiger partial charge on any atom is -0.366 e. The van der Waals surface area contributed by atoms with E-state index in [9.17, 15) is 10.1 Å². The fraction of sp³-hybridized carbons (Fsp3) is 0.600. The predicted molar refractivity (Wildman–Crippen MR) is 86.2 cm³/mol. The number of benzene rings is 1. The Morgan fingerprint density at radius 2 is 2.14 bits per heavy atom. The average Bonchev–Trinajstić information content (AvgIpc) is 2.48. The molecule has 21 heavy (non-hydrogen) atoms. The van der Waals surface area contributed by atoms with Crippen molar-refractivity contribution in [1.82, 2.24) is 5.32 Å². The minimum atomic E-state index is -0.341. The molecule has 0 radical (unpaired) electrons. The van der Waals surface area contributed by atoms with Crippen LogP contribution >= 0.6 is 11.6 Å². The van der Waals surface area contributed by atoms with Crippen molar-refractivity contribution < 1.29 is 4.92 Å². The van der Waals surface area contributed by atoms with Crippen LogP contribution < -0.4 is 10.2 Å². The Balaban J connectivity index is 2.22. The third-order valence-electron chi connectivity index (χ3n) is 3.91. The topological polar surface area (TPSA) is 58.4 Å². The number of nitrogens with one attached hydrogen (secondary N) is 1. The number of hydrogen-bond donors (Lipinski definition) is 1. The zero-order valence-electron chi connectivity index (χ0n) is 12.3. The van der Waals surface area contributed by atoms with Gasteiger partial charge in [-0.3, -0.25) is 10.1 Å². The Kier molecular flexibility index (Phi) is 5.82. The van der Waals surface area contributed by atoms with Gasteiger partial charge in [0, 0.05) is 24.2 Å². The van der Waals surface area contributed by atoms with Crippen molar-refractivity contribution in [2.45, 2.75) is 26.2 Å². The molecule has 1 fully saturated rings. The molecule has 0 aromatic heterocycles. The van der Waals surface area contributed by atoms with Crippen molar-refractivity contribution in [3.63, 3.8) is 0 Å². The molecule has 116 valence electrons. The summed E-state index contributed by atoms with van der Waals surface area (Å²) in [6.45, 7) is 5.86. The van der Waals surface area contributed by atoms with Crippen LogP contribution in [0, 0.1) is 16.0 Å². The second-order valence-corrected chi connectivity index (χ2v) is 5.97. The summed E-state index contributed by atoms with van der Waals surface area (Å²) < 4.78 is 0. The van der Waals surface area contributed by atoms with E-state index in [0.717, 1.165) is 45.4 Å². The van der Waals surface area contributed by atoms with E-state index in [1.54, 1.807) is 12.1 Å². The van der Waals surface area contributed by atoms with Crippen LogP contribution in [0.25, 0.3) is 0 Å². The number of hydrogen-bond acceptors (Lipinski definition) is 4. The first-order valence-electron chi connectivity index (χ1n) is 7.51. The summed E-state index contributed by atoms with van der Waals surface area (Å²) in [7, 11) is 0. The van der Waals surface area contributed by atoms with Crippen LogP contribution in [0.15, 0.2) is 18.2 Å². The second-order valence-electron chi connectivity index (χ2n) is 5.53. The highest BCUT2D eigenvalue weighted by atomic mass is 35.5. The summed E-state index contributed by atoms with van der Waals surface area (Å²) in [5.41, 5.74) is 0.787. The van der Waals surface area contributed by atoms with Crippen molar-refractivity contribution >= 4 is 23.0 Å². The van der Waals surface area contributed by atoms with Gasteiger partial charge in [0.1, 0.15) is 5.69 Å². The largest absolute Gasteiger partial charge is 0.366 e. The van der Waals surface area contributed by atoms with E-state index in [0.29, 0.717) is 16.6 Å². The highest BCUT2D eigenvalue weighted by Gasteiger charge is 2.23. The summed E-state index contributed by atoms with van der Waals surface area (Å²) in [6.07, 6.45) is 3.22. The van der Waals surface area contributed by atoms with Gasteiger partial charge in [0.15, 0.2) is 0 Å². The average molecular weight is 312 g/mol. The van der Waals surface area contributed by atoms with Gasteiger partial charge in [-0.1, -0.05) is 18.5 Å². The number of halogens is 1. The number of nitro benzene ring substituents is 1. The van der Waals surface area contributed by atoms with Crippen molar-refractivity contribution in [3.05, 3.63) is 33.3 Å². The zero-order valence-corrected chi connectivity index (χ0v) is 13.1. The number of nitro groups is 1. The number of rotatable bonds is 6. The highest BCUT2D eigenvalue weighted by molar-refractivity contribution is 6.30. The lowest BCUT2D eigenvalue weighted by atomic mass is 9.97. The first-order valence-corrected chi connectivity index (χ1v) is 7.89. The van der Waals surface area contributed by atoms with Crippen molar-refractivity contribution in [2.75, 3.05) is 31.1 Å². The van der Waals surface area contributed by atoms with E-state index in [1.165, 1.54) is 6.07 Å². The Morgan fingerprint density at radius 1 is 1.43 bits per heavy atom. The molecule has 1 heterocycles. The van der Waals surface area contributed by atoms with Crippen LogP contribution in [0.5, 0.6) is 0 Å². The molecule has 1 N–H and O–H groups in total. The first kappa shape index (κ1) is 16.0. The smallest absolute Gasteiger partial charge is 0.294 e. The molecule has 0 spiro atoms. The number of piperidine rings is 1. The molecule has 2 rings (SSSR count). The summed E-state index contributed by atoms with van der Waals surface area (Å²) in [6, 6.07) is 4.95. The second kappa shape index (κ2) is 7.61. The molecule has 1 aliphatic heterocycles. The van der Waals surface area contributed by atoms with E-state index in [2.05, 4.69) is 17.1 Å². The molecule has 0 atom stereocenters. The van der Waals surface area contributed by atoms with E-state index in [4.69, 9.17) is 11.6 Å². The molecule has 0 saturated carbocycles. The lowest BCUT2D eigenvalue weighted by Crippen LogP contribution is -2.36. The van der Waals surface area contributed by atoms with Gasteiger partial charge in [-0.2, -0.15) is 0 Å². The molecule has 6 heteroatoms. The summed E-state index contributed by atoms with van der Waals surface area (Å²) >= 11 is 5.90. The Hall–Kier alpha value is -1.33. The van der Waals surface area contributed by atoms with Crippen molar-refractivity contribution in [2.24, 2.45) is 5.92 Å². The molecule has 1 aromatic rings. The molecule has 0 bridgehead atoms. The predicted octanol–water partition coefficient (Wildman–Crippen LogP) is 3.46. The maximum Gasteiger partial charge on any atom is 0.294 e. The van der Waals surface area contributed by atoms with Gasteiger partial charge >= 0.3 is 0 Å². The fourth-order valence-corrected chi connectivity index (χ4v) is 3.03. The standard InChI is InChI=1S/C15H22ClN3O2/c1-2-9-18(11-12-5-7-17-8-6-12)14-4-3-13(16)10-15(14)19(20)21/h3-4,10,12,17H,2,5-9,11H2,1H3. The summed E-state index contributed by atoms with van der Waals surface area (Å²) in [4.78, 5) is 13.1. The monoisotopic (exact) mass is 311 g/mol. The number of anilines is 1. The third-order valence-corrected chi connectivity index (χ3v) is 4.14. The van der Waals surface area contributed by atoms with Gasteiger partial charge in [-0.05, 0) is 50.4 Å². The number of nitrogens with zero attached hydrogens (tertiary/aromatic N) is 2. The minimum absolute atomic E-state index is 0.102. The van der Waals surface area contributed by atoms with Gasteiger partial charge in [0.25, 0.3) is 5.69 Å². The molecular formula is C15H22ClN3O2. The van der Waals surface area contributed by atoms with E-state index in [-0.39, 0.29) is 10.6 Å². The van der Waals surface area contributed by atoms with Crippen LogP contribution in [-0.2, 0) is 0 Å². The van der Waals surface area contributed by atoms with Gasteiger partial charge in [0.2, 0.25) is 0 Å². The SMILES string of the molecule is CCCN(CC1CCNCC1)c1ccc(Cl)cc1[N+](=O)[O-]. The molecule has 1 aromatic carbocycles. The molecule has 0 amide bonds. The highest BCUT2D eigenvalue weighted by Crippen LogP contribution is 2.32. The molecule has 1 saturated heterocycles. The van der Waals surface area contributed by atoms with E-state index in [1.807, 2.05) is 0 Å². The van der Waals surface area contributed by atoms with Gasteiger partial charge in [0.05, 0.1) is 4.92 Å². The summed E-state index contributed by atoms with van der Waals surface area (Å²) in [5, 5.41) is 15.0. The lowest BCUT2D eigenvalue weighted by molar-refractivity contribution is -0.384. The lowest BCUT2D eigenvalue weighted by Gasteiger charge is -2.31. The fourth-order valence-electron chi connectivity index (χ4n) is 2.87. The van der Waals surface area contributed by atoms with Gasteiger partial charge < -0.3 is 10.2 Å². The van der Waals surface area contributed by atoms with Gasteiger partial charge in [-0.15, -0.1) is 0 Å². The molecule has 5 nitrogen and oxygen atoms in total. The van der Waals surface area contributed by atoms with Crippen LogP contribution in [-0.4, -0.2) is 31.1 Å². The van der Waals surface area contributed by atoms with E-state index < -0.39 is 0 Å². The van der Waals surface area contributed by atoms with Crippen LogP contribution in [0.3, 0.4) is 0 Å².